The second-order valence-electron chi connectivity index (χ2n) is 29.7. The lowest BCUT2D eigenvalue weighted by Crippen LogP contribution is -2.50. The highest BCUT2D eigenvalue weighted by Gasteiger charge is 2.49. The first-order valence-corrected chi connectivity index (χ1v) is 43.0. The minimum absolute atomic E-state index is 0. The fourth-order valence-corrected chi connectivity index (χ4v) is 17.5. The number of ether oxygens (including phenoxy) is 5. The summed E-state index contributed by atoms with van der Waals surface area (Å²) in [5.74, 6) is -5.93. The lowest BCUT2D eigenvalue weighted by atomic mass is 9.71. The van der Waals surface area contributed by atoms with Gasteiger partial charge in [-0.1, -0.05) is 235 Å². The molecule has 4 heterocycles. The summed E-state index contributed by atoms with van der Waals surface area (Å²) in [5.41, 5.74) is 4.82. The molecule has 0 spiro atoms. The zero-order chi connectivity index (χ0) is 88.1. The molecule has 4 saturated heterocycles. The Bertz CT molecular complexity index is 4430. The van der Waals surface area contributed by atoms with E-state index < -0.39 is 47.5 Å². The number of methoxy groups -OCH3 is 5. The van der Waals surface area contributed by atoms with Crippen molar-refractivity contribution in [2.45, 2.75) is 105 Å². The van der Waals surface area contributed by atoms with Crippen LogP contribution in [0.2, 0.25) is 50.2 Å². The molecule has 5 aromatic rings. The van der Waals surface area contributed by atoms with E-state index in [9.17, 15) is 53.1 Å². The number of aliphatic carboxylic acids is 1. The van der Waals surface area contributed by atoms with Crippen LogP contribution in [0.1, 0.15) is 100 Å². The normalized spacial score (nSPS) is 22.6. The van der Waals surface area contributed by atoms with Gasteiger partial charge in [-0.3, -0.25) is 38.4 Å². The molecule has 31 heteroatoms. The maximum atomic E-state index is 13.0. The Morgan fingerprint density at radius 1 is 0.398 bits per heavy atom. The number of hydrogen-bond donors (Lipinski definition) is 2. The molecule has 0 bridgehead atoms. The van der Waals surface area contributed by atoms with E-state index in [-0.39, 0.29) is 97.8 Å². The van der Waals surface area contributed by atoms with Crippen LogP contribution in [-0.4, -0.2) is 152 Å². The number of nitrogens with zero attached hydrogens (tertiary/aromatic N) is 4. The minimum atomic E-state index is -0.894. The van der Waals surface area contributed by atoms with Gasteiger partial charge < -0.3 is 53.7 Å². The predicted molar refractivity (Wildman–Crippen MR) is 485 cm³/mol. The number of carbonyl (C=O) groups is 10. The standard InChI is InChI=1S/3C18H19Cl2NO3.C17H17Cl2NO3.C13H15Cl2N.C6H8O4.2CH4/c3*1-24-18(23)13-4-2-3-12-7-8-21(17(22)16(12)13)10-11-5-6-14(19)15(20)9-11;18-13-5-4-10(8-14(13)19)9-20-7-6-11-2-1-3-12(17(22)23)15(11)16(20)21;1-2-3-4-5-8-16-10-11-6-7-12(14)13(15)9-11;1-9-5(7)3-4-6(8)10-2;;/h3*2-3,5-6,9,12-13,16H,4,7-8,10H2,1H3;1-2,4-5,8,11-12,15H,3,6-7,9H2,(H,22,23);2-4,6-7,9,16H,1,5,8,10H2;3-4H,1-2H3;2*1H4/b;;;;2*4-3+;;/t12-,13+,16+;12-,13-,16+;12-,13-,16-;11-,12-,15+;;;;/m1101..../s1. The summed E-state index contributed by atoms with van der Waals surface area (Å²) in [6.07, 6.45) is 30.3. The Hall–Kier alpha value is -8.16. The highest BCUT2D eigenvalue weighted by molar-refractivity contribution is 6.44. The topological polar surface area (TPSA) is 262 Å². The molecule has 13 rings (SSSR count). The molecule has 8 aliphatic rings. The molecule has 4 fully saturated rings. The SMILES string of the molecule is C.C.C=C/C=C/CCNCc1ccc(Cl)c(Cl)c1.COC(=O)/C=C/C(=O)OC.COC(=O)[C@@H]1CC=C[C@@H]2CCN(Cc3ccc(Cl)c(Cl)c3)C(=O)[C@@H]21.COC(=O)[C@H]1CC=C[C@@H]2CCN(Cc3ccc(Cl)c(Cl)c3)C(=O)[C@@H]21.COC(=O)[C@H]1CC=C[C@H]2CCN(Cc3ccc(Cl)c(Cl)c3)C(=O)[C@H]12.O=C(O)[C@@H]1CC=C[C@@H]2CCN(Cc3ccc(Cl)c(Cl)c3)C(=O)[C@@H]21. The number of likely N-dealkylation sites (tertiary alicyclic amines) is 4. The molecule has 4 amide bonds. The van der Waals surface area contributed by atoms with Crippen LogP contribution in [0.15, 0.2) is 177 Å². The van der Waals surface area contributed by atoms with Crippen molar-refractivity contribution < 1.29 is 76.7 Å². The van der Waals surface area contributed by atoms with Gasteiger partial charge >= 0.3 is 35.8 Å². The second-order valence-corrected chi connectivity index (χ2v) is 33.8. The van der Waals surface area contributed by atoms with E-state index in [1.54, 1.807) is 74.2 Å². The fraction of sp³-hybridized carbons (Fsp3) is 0.413. The molecule has 12 atom stereocenters. The van der Waals surface area contributed by atoms with Gasteiger partial charge in [-0.15, -0.1) is 0 Å². The van der Waals surface area contributed by atoms with Crippen LogP contribution in [0.5, 0.6) is 0 Å². The number of rotatable bonds is 20. The average Bonchev–Trinajstić information content (AvgIpc) is 0.797. The van der Waals surface area contributed by atoms with Gasteiger partial charge in [0.25, 0.3) is 0 Å². The maximum absolute atomic E-state index is 13.0. The number of esters is 5. The van der Waals surface area contributed by atoms with E-state index in [4.69, 9.17) is 130 Å². The van der Waals surface area contributed by atoms with Crippen molar-refractivity contribution in [2.24, 2.45) is 71.0 Å². The second kappa shape index (κ2) is 51.5. The molecule has 21 nitrogen and oxygen atoms in total. The van der Waals surface area contributed by atoms with Crippen LogP contribution >= 0.6 is 116 Å². The number of hydrogen-bond acceptors (Lipinski definition) is 16. The van der Waals surface area contributed by atoms with Crippen molar-refractivity contribution in [3.05, 3.63) is 255 Å². The summed E-state index contributed by atoms with van der Waals surface area (Å²) in [6.45, 7) is 9.80. The van der Waals surface area contributed by atoms with E-state index in [0.717, 1.165) is 85.2 Å². The van der Waals surface area contributed by atoms with Crippen LogP contribution in [0, 0.1) is 71.0 Å². The summed E-state index contributed by atoms with van der Waals surface area (Å²) in [4.78, 5) is 127. The number of carbonyl (C=O) groups excluding carboxylic acids is 9. The Morgan fingerprint density at radius 2 is 0.659 bits per heavy atom. The first kappa shape index (κ1) is 104. The number of benzene rings is 5. The van der Waals surface area contributed by atoms with Gasteiger partial charge in [-0.05, 0) is 176 Å². The van der Waals surface area contributed by atoms with Crippen molar-refractivity contribution in [3.8, 4) is 0 Å². The van der Waals surface area contributed by atoms with Crippen molar-refractivity contribution >= 4 is 175 Å². The monoisotopic (exact) mass is 1890 g/mol. The number of halogens is 10. The molecule has 123 heavy (non-hydrogen) atoms. The van der Waals surface area contributed by atoms with E-state index in [1.165, 1.54) is 35.5 Å². The van der Waals surface area contributed by atoms with Gasteiger partial charge in [0.05, 0.1) is 133 Å². The van der Waals surface area contributed by atoms with Crippen molar-refractivity contribution in [2.75, 3.05) is 68.3 Å². The largest absolute Gasteiger partial charge is 0.481 e. The van der Waals surface area contributed by atoms with Gasteiger partial charge in [0.1, 0.15) is 0 Å². The molecule has 4 aliphatic heterocycles. The Kier molecular flexibility index (Phi) is 43.4. The van der Waals surface area contributed by atoms with E-state index in [2.05, 4.69) is 45.7 Å². The fourth-order valence-electron chi connectivity index (χ4n) is 15.9. The summed E-state index contributed by atoms with van der Waals surface area (Å²) in [5, 5.41) is 17.8. The zero-order valence-electron chi connectivity index (χ0n) is 67.4. The number of fused-ring (bicyclic) bond motifs is 4. The van der Waals surface area contributed by atoms with Gasteiger partial charge in [-0.2, -0.15) is 0 Å². The van der Waals surface area contributed by atoms with E-state index in [1.807, 2.05) is 78.9 Å². The van der Waals surface area contributed by atoms with Crippen LogP contribution in [-0.2, 0) is 104 Å². The molecular formula is C92H105Cl10N5O16. The molecule has 0 saturated carbocycles. The number of nitrogens with one attached hydrogen (secondary N) is 1. The number of piperidine rings is 4. The molecule has 2 N–H and O–H groups in total. The number of amides is 4. The summed E-state index contributed by atoms with van der Waals surface area (Å²) in [6, 6.07) is 27.1. The zero-order valence-corrected chi connectivity index (χ0v) is 74.9. The Morgan fingerprint density at radius 3 is 0.911 bits per heavy atom. The number of allylic oxidation sites excluding steroid dienone is 10. The Labute approximate surface area is 770 Å². The average molecular weight is 1890 g/mol. The molecule has 0 radical (unpaired) electrons. The minimum Gasteiger partial charge on any atom is -0.481 e. The number of carboxylic acid groups (broad SMARTS) is 1. The van der Waals surface area contributed by atoms with Gasteiger partial charge in [0.2, 0.25) is 23.6 Å². The third-order valence-corrected chi connectivity index (χ3v) is 25.8. The van der Waals surface area contributed by atoms with Crippen molar-refractivity contribution in [1.82, 2.24) is 24.9 Å². The third kappa shape index (κ3) is 29.5. The van der Waals surface area contributed by atoms with Crippen LogP contribution < -0.4 is 5.32 Å². The summed E-state index contributed by atoms with van der Waals surface area (Å²) in [7, 11) is 6.57. The number of carboxylic acids is 1. The third-order valence-electron chi connectivity index (χ3n) is 22.1. The smallest absolute Gasteiger partial charge is 0.330 e. The highest BCUT2D eigenvalue weighted by atomic mass is 35.5. The van der Waals surface area contributed by atoms with Crippen LogP contribution in [0.25, 0.3) is 0 Å². The van der Waals surface area contributed by atoms with Crippen molar-refractivity contribution in [1.29, 1.82) is 0 Å². The van der Waals surface area contributed by atoms with Gasteiger partial charge in [-0.25, -0.2) is 9.59 Å². The molecule has 664 valence electrons. The molecule has 4 aliphatic carbocycles. The quantitative estimate of drug-likeness (QED) is 0.0183. The van der Waals surface area contributed by atoms with Gasteiger partial charge in [0, 0.05) is 71.1 Å². The maximum Gasteiger partial charge on any atom is 0.330 e. The van der Waals surface area contributed by atoms with Crippen LogP contribution in [0.3, 0.4) is 0 Å². The molecule has 0 aromatic heterocycles. The van der Waals surface area contributed by atoms with E-state index >= 15 is 0 Å². The lowest BCUT2D eigenvalue weighted by Gasteiger charge is -2.41. The summed E-state index contributed by atoms with van der Waals surface area (Å²) >= 11 is 59.7. The first-order valence-electron chi connectivity index (χ1n) is 39.2. The molecular weight excluding hydrogens is 1790 g/mol. The highest BCUT2D eigenvalue weighted by Crippen LogP contribution is 2.44. The van der Waals surface area contributed by atoms with Crippen molar-refractivity contribution in [3.63, 3.8) is 0 Å². The van der Waals surface area contributed by atoms with E-state index in [0.29, 0.717) is 128 Å². The lowest BCUT2D eigenvalue weighted by molar-refractivity contribution is -0.157. The van der Waals surface area contributed by atoms with Gasteiger partial charge in [0.15, 0.2) is 0 Å². The first-order chi connectivity index (χ1) is 57.9. The molecule has 0 unspecified atom stereocenters. The van der Waals surface area contributed by atoms with Crippen LogP contribution in [0.4, 0.5) is 0 Å². The predicted octanol–water partition coefficient (Wildman–Crippen LogP) is 20.1. The Balaban J connectivity index is 0.000000232. The molecule has 5 aromatic carbocycles. The summed E-state index contributed by atoms with van der Waals surface area (Å²) < 4.78 is 23.1.